The third kappa shape index (κ3) is 4.34. The van der Waals surface area contributed by atoms with Gasteiger partial charge in [0, 0.05) is 13.7 Å². The van der Waals surface area contributed by atoms with Gasteiger partial charge in [0.1, 0.15) is 5.54 Å². The van der Waals surface area contributed by atoms with Crippen LogP contribution in [0.2, 0.25) is 0 Å². The number of nitrogens with one attached hydrogen (secondary N) is 1. The Morgan fingerprint density at radius 2 is 1.95 bits per heavy atom. The number of carbonyl (C=O) groups is 1. The largest absolute Gasteiger partial charge is 0.465 e. The van der Waals surface area contributed by atoms with Gasteiger partial charge in [-0.2, -0.15) is 13.2 Å². The summed E-state index contributed by atoms with van der Waals surface area (Å²) in [7, 11) is 1.53. The number of esters is 1. The molecule has 118 valence electrons. The van der Waals surface area contributed by atoms with Crippen LogP contribution in [0.1, 0.15) is 32.6 Å². The molecule has 0 unspecified atom stereocenters. The van der Waals surface area contributed by atoms with Crippen LogP contribution in [0, 0.1) is 5.92 Å². The fourth-order valence-corrected chi connectivity index (χ4v) is 2.55. The second kappa shape index (κ2) is 7.26. The van der Waals surface area contributed by atoms with E-state index >= 15 is 0 Å². The lowest BCUT2D eigenvalue weighted by Crippen LogP contribution is -2.56. The molecule has 4 nitrogen and oxygen atoms in total. The van der Waals surface area contributed by atoms with Crippen molar-refractivity contribution in [3.8, 4) is 0 Å². The Morgan fingerprint density at radius 1 is 1.35 bits per heavy atom. The first kappa shape index (κ1) is 17.2. The number of hydrogen-bond donors (Lipinski definition) is 1. The van der Waals surface area contributed by atoms with Crippen LogP contribution < -0.4 is 5.32 Å². The molecule has 0 radical (unpaired) electrons. The standard InChI is InChI=1S/C13H22F3NO3/c1-3-20-11(18)12(17-8-9-19-2)6-4-10(5-7-12)13(14,15)16/h10,17H,3-9H2,1-2H3. The number of halogens is 3. The molecule has 20 heavy (non-hydrogen) atoms. The summed E-state index contributed by atoms with van der Waals surface area (Å²) in [5.41, 5.74) is -1.00. The van der Waals surface area contributed by atoms with E-state index in [1.54, 1.807) is 6.92 Å². The lowest BCUT2D eigenvalue weighted by Gasteiger charge is -2.39. The third-order valence-electron chi connectivity index (χ3n) is 3.74. The molecule has 0 aromatic rings. The molecule has 1 rings (SSSR count). The summed E-state index contributed by atoms with van der Waals surface area (Å²) >= 11 is 0. The lowest BCUT2D eigenvalue weighted by molar-refractivity contribution is -0.189. The Kier molecular flexibility index (Phi) is 6.26. The Balaban J connectivity index is 2.69. The summed E-state index contributed by atoms with van der Waals surface area (Å²) < 4.78 is 48.0. The molecule has 0 amide bonds. The maximum Gasteiger partial charge on any atom is 0.391 e. The predicted octanol–water partition coefficient (Wildman–Crippen LogP) is 2.28. The SMILES string of the molecule is CCOC(=O)C1(NCCOC)CCC(C(F)(F)F)CC1. The Bertz CT molecular complexity index is 312. The van der Waals surface area contributed by atoms with Crippen LogP contribution in [0.5, 0.6) is 0 Å². The van der Waals surface area contributed by atoms with E-state index in [-0.39, 0.29) is 32.3 Å². The number of carbonyl (C=O) groups excluding carboxylic acids is 1. The first-order chi connectivity index (χ1) is 9.35. The summed E-state index contributed by atoms with van der Waals surface area (Å²) in [5.74, 6) is -1.79. The first-order valence-corrected chi connectivity index (χ1v) is 6.83. The number of rotatable bonds is 6. The zero-order chi connectivity index (χ0) is 15.2. The molecule has 1 saturated carbocycles. The fraction of sp³-hybridized carbons (Fsp3) is 0.923. The lowest BCUT2D eigenvalue weighted by atomic mass is 9.76. The van der Waals surface area contributed by atoms with E-state index in [9.17, 15) is 18.0 Å². The summed E-state index contributed by atoms with van der Waals surface area (Å²) in [6, 6.07) is 0. The Hall–Kier alpha value is -0.820. The third-order valence-corrected chi connectivity index (χ3v) is 3.74. The topological polar surface area (TPSA) is 47.6 Å². The van der Waals surface area contributed by atoms with Crippen LogP contribution in [0.3, 0.4) is 0 Å². The molecule has 7 heteroatoms. The molecule has 1 aliphatic rings. The van der Waals surface area contributed by atoms with Gasteiger partial charge in [-0.15, -0.1) is 0 Å². The van der Waals surface area contributed by atoms with Crippen molar-refractivity contribution < 1.29 is 27.4 Å². The maximum absolute atomic E-state index is 12.7. The van der Waals surface area contributed by atoms with Crippen molar-refractivity contribution in [1.29, 1.82) is 0 Å². The summed E-state index contributed by atoms with van der Waals surface area (Å²) in [4.78, 5) is 12.1. The highest BCUT2D eigenvalue weighted by Gasteiger charge is 2.49. The normalized spacial score (nSPS) is 27.4. The Labute approximate surface area is 117 Å². The number of ether oxygens (including phenoxy) is 2. The molecule has 0 heterocycles. The molecular weight excluding hydrogens is 275 g/mol. The fourth-order valence-electron chi connectivity index (χ4n) is 2.55. The highest BCUT2D eigenvalue weighted by molar-refractivity contribution is 5.81. The summed E-state index contributed by atoms with van der Waals surface area (Å²) in [5, 5.41) is 3.03. The van der Waals surface area contributed by atoms with E-state index in [0.717, 1.165) is 0 Å². The van der Waals surface area contributed by atoms with E-state index in [4.69, 9.17) is 9.47 Å². The van der Waals surface area contributed by atoms with Gasteiger partial charge in [-0.25, -0.2) is 0 Å². The highest BCUT2D eigenvalue weighted by Crippen LogP contribution is 2.41. The molecule has 1 fully saturated rings. The summed E-state index contributed by atoms with van der Waals surface area (Å²) in [6.45, 7) is 2.70. The molecule has 0 aromatic heterocycles. The van der Waals surface area contributed by atoms with Gasteiger partial charge in [0.05, 0.1) is 19.1 Å². The second-order valence-electron chi connectivity index (χ2n) is 5.04. The molecule has 1 aliphatic carbocycles. The minimum Gasteiger partial charge on any atom is -0.465 e. The van der Waals surface area contributed by atoms with Crippen LogP contribution in [0.15, 0.2) is 0 Å². The minimum absolute atomic E-state index is 0.0533. The molecule has 1 N–H and O–H groups in total. The van der Waals surface area contributed by atoms with Crippen molar-refractivity contribution in [2.75, 3.05) is 26.9 Å². The van der Waals surface area contributed by atoms with Gasteiger partial charge in [-0.3, -0.25) is 10.1 Å². The predicted molar refractivity (Wildman–Crippen MR) is 67.3 cm³/mol. The number of methoxy groups -OCH3 is 1. The van der Waals surface area contributed by atoms with Crippen LogP contribution >= 0.6 is 0 Å². The minimum atomic E-state index is -4.19. The quantitative estimate of drug-likeness (QED) is 0.603. The molecule has 0 saturated heterocycles. The van der Waals surface area contributed by atoms with Crippen LogP contribution in [0.4, 0.5) is 13.2 Å². The van der Waals surface area contributed by atoms with Crippen molar-refractivity contribution >= 4 is 5.97 Å². The molecular formula is C13H22F3NO3. The van der Waals surface area contributed by atoms with Crippen LogP contribution in [0.25, 0.3) is 0 Å². The molecule has 0 bridgehead atoms. The first-order valence-electron chi connectivity index (χ1n) is 6.83. The molecule has 0 aliphatic heterocycles. The van der Waals surface area contributed by atoms with E-state index < -0.39 is 23.6 Å². The van der Waals surface area contributed by atoms with Crippen molar-refractivity contribution in [2.45, 2.75) is 44.3 Å². The smallest absolute Gasteiger partial charge is 0.391 e. The second-order valence-corrected chi connectivity index (χ2v) is 5.04. The monoisotopic (exact) mass is 297 g/mol. The Morgan fingerprint density at radius 3 is 2.40 bits per heavy atom. The number of alkyl halides is 3. The van der Waals surface area contributed by atoms with E-state index in [1.807, 2.05) is 0 Å². The molecule has 0 atom stereocenters. The van der Waals surface area contributed by atoms with Gasteiger partial charge in [0.25, 0.3) is 0 Å². The average Bonchev–Trinajstić information content (AvgIpc) is 2.39. The van der Waals surface area contributed by atoms with Crippen molar-refractivity contribution in [3.05, 3.63) is 0 Å². The van der Waals surface area contributed by atoms with Gasteiger partial charge >= 0.3 is 12.1 Å². The van der Waals surface area contributed by atoms with Gasteiger partial charge < -0.3 is 9.47 Å². The van der Waals surface area contributed by atoms with Gasteiger partial charge in [-0.05, 0) is 32.6 Å². The maximum atomic E-state index is 12.7. The summed E-state index contributed by atoms with van der Waals surface area (Å²) in [6.07, 6.45) is -4.02. The zero-order valence-corrected chi connectivity index (χ0v) is 11.9. The average molecular weight is 297 g/mol. The van der Waals surface area contributed by atoms with Crippen molar-refractivity contribution in [1.82, 2.24) is 5.32 Å². The van der Waals surface area contributed by atoms with Crippen molar-refractivity contribution in [2.24, 2.45) is 5.92 Å². The van der Waals surface area contributed by atoms with Crippen LogP contribution in [-0.4, -0.2) is 44.6 Å². The highest BCUT2D eigenvalue weighted by atomic mass is 19.4. The van der Waals surface area contributed by atoms with E-state index in [1.165, 1.54) is 7.11 Å². The van der Waals surface area contributed by atoms with Crippen LogP contribution in [-0.2, 0) is 14.3 Å². The zero-order valence-electron chi connectivity index (χ0n) is 11.9. The van der Waals surface area contributed by atoms with Crippen molar-refractivity contribution in [3.63, 3.8) is 0 Å². The van der Waals surface area contributed by atoms with E-state index in [2.05, 4.69) is 5.32 Å². The van der Waals surface area contributed by atoms with Gasteiger partial charge in [0.15, 0.2) is 0 Å². The number of hydrogen-bond acceptors (Lipinski definition) is 4. The molecule has 0 spiro atoms. The van der Waals surface area contributed by atoms with Gasteiger partial charge in [0.2, 0.25) is 0 Å². The van der Waals surface area contributed by atoms with E-state index in [0.29, 0.717) is 13.2 Å². The van der Waals surface area contributed by atoms with Gasteiger partial charge in [-0.1, -0.05) is 0 Å². The molecule has 0 aromatic carbocycles.